The molecule has 1 aliphatic carbocycles. The maximum Gasteiger partial charge on any atom is 0.408 e. The van der Waals surface area contributed by atoms with E-state index in [2.05, 4.69) is 6.26 Å². The predicted molar refractivity (Wildman–Crippen MR) is 86.7 cm³/mol. The number of hydrogen-bond donors (Lipinski definition) is 1. The zero-order valence-corrected chi connectivity index (χ0v) is 15.3. The molecule has 0 spiro atoms. The van der Waals surface area contributed by atoms with Crippen molar-refractivity contribution in [2.45, 2.75) is 41.1 Å². The van der Waals surface area contributed by atoms with E-state index in [0.717, 1.165) is 30.6 Å². The van der Waals surface area contributed by atoms with Crippen LogP contribution in [0.4, 0.5) is 13.2 Å². The van der Waals surface area contributed by atoms with Crippen molar-refractivity contribution in [3.05, 3.63) is 30.1 Å². The number of halogens is 3. The van der Waals surface area contributed by atoms with Crippen molar-refractivity contribution >= 4 is 32.8 Å². The van der Waals surface area contributed by atoms with Gasteiger partial charge in [-0.2, -0.15) is 17.2 Å². The van der Waals surface area contributed by atoms with Crippen molar-refractivity contribution in [3.63, 3.8) is 0 Å². The molecular weight excluding hydrogens is 397 g/mol. The van der Waals surface area contributed by atoms with Gasteiger partial charge in [0.15, 0.2) is 15.9 Å². The van der Waals surface area contributed by atoms with E-state index in [1.54, 1.807) is 12.1 Å². The summed E-state index contributed by atoms with van der Waals surface area (Å²) in [4.78, 5) is 22.2. The molecule has 0 bridgehead atoms. The summed E-state index contributed by atoms with van der Waals surface area (Å²) in [5.74, 6) is -2.98. The summed E-state index contributed by atoms with van der Waals surface area (Å²) < 4.78 is 62.4. The van der Waals surface area contributed by atoms with Crippen molar-refractivity contribution in [2.24, 2.45) is 0 Å². The number of carboxylic acids is 1. The highest BCUT2D eigenvalue weighted by Crippen LogP contribution is 2.26. The van der Waals surface area contributed by atoms with Crippen LogP contribution in [0.5, 0.6) is 0 Å². The first-order chi connectivity index (χ1) is 11.9. The van der Waals surface area contributed by atoms with Gasteiger partial charge in [0.05, 0.1) is 0 Å². The molecular formula is C15H17F3O6S2. The lowest BCUT2D eigenvalue weighted by molar-refractivity contribution is -0.321. The molecule has 2 rings (SSSR count). The molecule has 2 atom stereocenters. The Balaban J connectivity index is 0.000000294. The highest BCUT2D eigenvalue weighted by molar-refractivity contribution is 7.97. The Morgan fingerprint density at radius 3 is 2.19 bits per heavy atom. The topological polar surface area (TPSA) is 112 Å². The highest BCUT2D eigenvalue weighted by Gasteiger charge is 2.45. The van der Waals surface area contributed by atoms with E-state index in [9.17, 15) is 36.3 Å². The largest absolute Gasteiger partial charge is 0.543 e. The van der Waals surface area contributed by atoms with Gasteiger partial charge in [-0.05, 0) is 37.1 Å². The van der Waals surface area contributed by atoms with E-state index in [4.69, 9.17) is 4.55 Å². The zero-order valence-electron chi connectivity index (χ0n) is 13.7. The lowest BCUT2D eigenvalue weighted by atomic mass is 9.99. The van der Waals surface area contributed by atoms with E-state index < -0.39 is 21.3 Å². The Labute approximate surface area is 151 Å². The molecule has 0 heterocycles. The average Bonchev–Trinajstić information content (AvgIpc) is 2.55. The van der Waals surface area contributed by atoms with Crippen molar-refractivity contribution < 1.29 is 40.8 Å². The number of benzene rings is 1. The second kappa shape index (κ2) is 8.87. The Bertz CT molecular complexity index is 749. The molecule has 1 aromatic rings. The summed E-state index contributed by atoms with van der Waals surface area (Å²) in [7, 11) is -5.97. The van der Waals surface area contributed by atoms with Crippen LogP contribution in [-0.2, 0) is 30.6 Å². The van der Waals surface area contributed by atoms with E-state index >= 15 is 0 Å². The lowest BCUT2D eigenvalue weighted by Crippen LogP contribution is -2.46. The van der Waals surface area contributed by atoms with Gasteiger partial charge in [0.25, 0.3) is 0 Å². The second-order valence-electron chi connectivity index (χ2n) is 5.49. The van der Waals surface area contributed by atoms with Gasteiger partial charge >= 0.3 is 15.4 Å². The van der Waals surface area contributed by atoms with Gasteiger partial charge in [-0.3, -0.25) is 9.35 Å². The molecule has 0 radical (unpaired) electrons. The van der Waals surface area contributed by atoms with Crippen molar-refractivity contribution in [2.75, 3.05) is 6.26 Å². The van der Waals surface area contributed by atoms with Gasteiger partial charge in [-0.15, -0.1) is 0 Å². The number of carbonyl (C=O) groups excluding carboxylic acids is 2. The van der Waals surface area contributed by atoms with Gasteiger partial charge in [0.1, 0.15) is 18.0 Å². The predicted octanol–water partition coefficient (Wildman–Crippen LogP) is 1.16. The number of aliphatic carboxylic acids is 1. The average molecular weight is 414 g/mol. The first-order valence-electron chi connectivity index (χ1n) is 7.37. The SMILES string of the molecule is C[S+](c1ccc(F)cc1)C1CCCCC1=O.O=C([O-])C(F)(F)S(=O)(=O)O. The molecule has 1 aromatic carbocycles. The minimum Gasteiger partial charge on any atom is -0.543 e. The number of Topliss-reactive ketones (excluding diaryl/α,β-unsaturated/α-hetero) is 1. The van der Waals surface area contributed by atoms with Gasteiger partial charge in [-0.25, -0.2) is 4.39 Å². The molecule has 1 aliphatic rings. The van der Waals surface area contributed by atoms with Gasteiger partial charge in [0.2, 0.25) is 0 Å². The number of carboxylic acid groups (broad SMARTS) is 1. The van der Waals surface area contributed by atoms with Crippen LogP contribution in [0, 0.1) is 5.82 Å². The maximum absolute atomic E-state index is 12.8. The molecule has 2 unspecified atom stereocenters. The smallest absolute Gasteiger partial charge is 0.408 e. The maximum atomic E-state index is 12.8. The summed E-state index contributed by atoms with van der Waals surface area (Å²) >= 11 is 0. The molecule has 0 amide bonds. The van der Waals surface area contributed by atoms with E-state index in [0.29, 0.717) is 5.78 Å². The fourth-order valence-corrected chi connectivity index (χ4v) is 4.38. The summed E-state index contributed by atoms with van der Waals surface area (Å²) in [6, 6.07) is 6.57. The Hall–Kier alpha value is -1.59. The number of alkyl halides is 2. The van der Waals surface area contributed by atoms with Gasteiger partial charge < -0.3 is 9.90 Å². The molecule has 1 fully saturated rings. The van der Waals surface area contributed by atoms with Crippen LogP contribution in [-0.4, -0.2) is 41.5 Å². The molecule has 0 aliphatic heterocycles. The molecule has 1 N–H and O–H groups in total. The summed E-state index contributed by atoms with van der Waals surface area (Å²) in [6.45, 7) is 0. The van der Waals surface area contributed by atoms with E-state index in [-0.39, 0.29) is 22.0 Å². The van der Waals surface area contributed by atoms with Crippen LogP contribution in [0.25, 0.3) is 0 Å². The fourth-order valence-electron chi connectivity index (χ4n) is 2.24. The molecule has 6 nitrogen and oxygen atoms in total. The van der Waals surface area contributed by atoms with Crippen LogP contribution in [0.3, 0.4) is 0 Å². The van der Waals surface area contributed by atoms with Crippen LogP contribution < -0.4 is 5.11 Å². The fraction of sp³-hybridized carbons (Fsp3) is 0.467. The number of hydrogen-bond acceptors (Lipinski definition) is 5. The Morgan fingerprint density at radius 2 is 1.81 bits per heavy atom. The molecule has 26 heavy (non-hydrogen) atoms. The standard InChI is InChI=1S/C13H16FOS.C2H2F2O5S/c1-16(11-8-6-10(14)7-9-11)13-5-3-2-4-12(13)15;3-2(4,1(5)6)10(7,8)9/h6-9,13H,2-5H2,1H3;(H,5,6)(H,7,8,9)/q+1;/p-1. The molecule has 0 aromatic heterocycles. The third-order valence-corrected chi connectivity index (χ3v) is 6.85. The molecule has 146 valence electrons. The lowest BCUT2D eigenvalue weighted by Gasteiger charge is -2.19. The molecule has 11 heteroatoms. The number of ketones is 1. The first-order valence-corrected chi connectivity index (χ1v) is 10.5. The molecule has 0 saturated heterocycles. The minimum absolute atomic E-state index is 0.0744. The monoisotopic (exact) mass is 414 g/mol. The highest BCUT2D eigenvalue weighted by atomic mass is 32.2. The Kier molecular flexibility index (Phi) is 7.66. The molecule has 1 saturated carbocycles. The van der Waals surface area contributed by atoms with Crippen LogP contribution in [0.15, 0.2) is 29.2 Å². The first kappa shape index (κ1) is 22.5. The van der Waals surface area contributed by atoms with Crippen molar-refractivity contribution in [1.29, 1.82) is 0 Å². The summed E-state index contributed by atoms with van der Waals surface area (Å²) in [5.41, 5.74) is 0. The van der Waals surface area contributed by atoms with Gasteiger partial charge in [-0.1, -0.05) is 0 Å². The number of rotatable bonds is 4. The van der Waals surface area contributed by atoms with Crippen molar-refractivity contribution in [3.8, 4) is 0 Å². The van der Waals surface area contributed by atoms with Crippen LogP contribution >= 0.6 is 0 Å². The van der Waals surface area contributed by atoms with Crippen molar-refractivity contribution in [1.82, 2.24) is 0 Å². The third-order valence-electron chi connectivity index (χ3n) is 3.67. The minimum atomic E-state index is -5.90. The second-order valence-corrected chi connectivity index (χ2v) is 9.11. The van der Waals surface area contributed by atoms with Crippen LogP contribution in [0.1, 0.15) is 25.7 Å². The number of carbonyl (C=O) groups is 2. The van der Waals surface area contributed by atoms with E-state index in [1.807, 2.05) is 0 Å². The summed E-state index contributed by atoms with van der Waals surface area (Å²) in [5, 5.41) is 4.20. The van der Waals surface area contributed by atoms with E-state index in [1.165, 1.54) is 12.1 Å². The Morgan fingerprint density at radius 1 is 1.27 bits per heavy atom. The van der Waals surface area contributed by atoms with Crippen LogP contribution in [0.2, 0.25) is 0 Å². The van der Waals surface area contributed by atoms with Gasteiger partial charge in [0, 0.05) is 23.7 Å². The third kappa shape index (κ3) is 5.71. The quantitative estimate of drug-likeness (QED) is 0.585. The zero-order chi connectivity index (χ0) is 20.1. The summed E-state index contributed by atoms with van der Waals surface area (Å²) in [6.07, 6.45) is 6.00. The normalized spacial score (nSPS) is 19.3.